The van der Waals surface area contributed by atoms with E-state index in [9.17, 15) is 4.79 Å². The topological polar surface area (TPSA) is 90.3 Å². The first-order chi connectivity index (χ1) is 15.2. The number of anilines is 1. The van der Waals surface area contributed by atoms with Gasteiger partial charge in [0.2, 0.25) is 5.91 Å². The second-order valence-corrected chi connectivity index (χ2v) is 8.63. The monoisotopic (exact) mass is 419 g/mol. The Morgan fingerprint density at radius 2 is 2.16 bits per heavy atom. The van der Waals surface area contributed by atoms with Crippen LogP contribution in [0.1, 0.15) is 32.2 Å². The van der Waals surface area contributed by atoms with Crippen molar-refractivity contribution < 1.29 is 14.3 Å². The molecule has 0 radical (unpaired) electrons. The van der Waals surface area contributed by atoms with Gasteiger partial charge in [0.25, 0.3) is 0 Å². The molecule has 2 N–H and O–H groups in total. The molecule has 8 nitrogen and oxygen atoms in total. The van der Waals surface area contributed by atoms with Crippen LogP contribution in [0.15, 0.2) is 30.6 Å². The highest BCUT2D eigenvalue weighted by atomic mass is 16.5. The van der Waals surface area contributed by atoms with E-state index in [-0.39, 0.29) is 17.9 Å². The minimum atomic E-state index is -0.0912. The summed E-state index contributed by atoms with van der Waals surface area (Å²) in [7, 11) is 0. The molecular formula is C23H25N5O3. The van der Waals surface area contributed by atoms with Crippen molar-refractivity contribution in [3.8, 4) is 22.8 Å². The summed E-state index contributed by atoms with van der Waals surface area (Å²) in [6, 6.07) is 8.55. The van der Waals surface area contributed by atoms with Crippen LogP contribution in [0, 0.1) is 5.92 Å². The highest BCUT2D eigenvalue weighted by Gasteiger charge is 2.30. The van der Waals surface area contributed by atoms with Gasteiger partial charge < -0.3 is 24.7 Å². The molecule has 0 spiro atoms. The summed E-state index contributed by atoms with van der Waals surface area (Å²) in [5, 5.41) is 6.21. The summed E-state index contributed by atoms with van der Waals surface area (Å²) in [6.07, 6.45) is 4.67. The van der Waals surface area contributed by atoms with Crippen molar-refractivity contribution in [2.75, 3.05) is 25.0 Å². The van der Waals surface area contributed by atoms with Crippen LogP contribution in [0.25, 0.3) is 22.3 Å². The SMILES string of the molecule is CC(Oc1cc(-c2ccc3c(n2)NCCO3)cc2ncn(C3CC3)c12)[C@H]1CNC(=O)C1. The molecule has 2 aromatic heterocycles. The van der Waals surface area contributed by atoms with Gasteiger partial charge in [0.15, 0.2) is 11.6 Å². The molecule has 0 bridgehead atoms. The predicted molar refractivity (Wildman–Crippen MR) is 116 cm³/mol. The zero-order valence-corrected chi connectivity index (χ0v) is 17.4. The third-order valence-corrected chi connectivity index (χ3v) is 6.37. The fraction of sp³-hybridized carbons (Fsp3) is 0.435. The Morgan fingerprint density at radius 1 is 1.26 bits per heavy atom. The molecule has 1 saturated carbocycles. The highest BCUT2D eigenvalue weighted by molar-refractivity contribution is 5.88. The summed E-state index contributed by atoms with van der Waals surface area (Å²) >= 11 is 0. The van der Waals surface area contributed by atoms with Crippen molar-refractivity contribution in [1.82, 2.24) is 19.9 Å². The van der Waals surface area contributed by atoms with Crippen LogP contribution in [0.5, 0.6) is 11.5 Å². The number of carbonyl (C=O) groups excluding carboxylic acids is 1. The van der Waals surface area contributed by atoms with E-state index in [1.54, 1.807) is 0 Å². The second kappa shape index (κ2) is 7.14. The summed E-state index contributed by atoms with van der Waals surface area (Å²) in [5.41, 5.74) is 3.71. The van der Waals surface area contributed by atoms with Crippen LogP contribution in [-0.2, 0) is 4.79 Å². The first-order valence-electron chi connectivity index (χ1n) is 11.0. The lowest BCUT2D eigenvalue weighted by Crippen LogP contribution is -2.25. The molecular weight excluding hydrogens is 394 g/mol. The van der Waals surface area contributed by atoms with Crippen molar-refractivity contribution >= 4 is 22.8 Å². The van der Waals surface area contributed by atoms with E-state index in [1.165, 1.54) is 12.8 Å². The molecule has 3 aliphatic rings. The molecule has 4 heterocycles. The molecule has 2 aliphatic heterocycles. The van der Waals surface area contributed by atoms with E-state index >= 15 is 0 Å². The summed E-state index contributed by atoms with van der Waals surface area (Å²) in [4.78, 5) is 21.1. The number of aromatic nitrogens is 3. The standard InChI is InChI=1S/C23H25N5O3/c1-13(15-10-21(29)25-11-15)31-20-9-14(8-18-22(20)28(12-26-18)16-2-3-16)17-4-5-19-23(27-17)24-6-7-30-19/h4-5,8-9,12-13,15-16H,2-3,6-7,10-11H2,1H3,(H,24,27)(H,25,29)/t13?,15-/m1/s1. The van der Waals surface area contributed by atoms with Crippen LogP contribution in [-0.4, -0.2) is 46.2 Å². The van der Waals surface area contributed by atoms with Crippen molar-refractivity contribution in [1.29, 1.82) is 0 Å². The number of hydrogen-bond donors (Lipinski definition) is 2. The Kier molecular flexibility index (Phi) is 4.26. The zero-order chi connectivity index (χ0) is 20.9. The van der Waals surface area contributed by atoms with Gasteiger partial charge in [0.1, 0.15) is 24.0 Å². The van der Waals surface area contributed by atoms with Crippen LogP contribution < -0.4 is 20.1 Å². The van der Waals surface area contributed by atoms with Crippen molar-refractivity contribution in [3.63, 3.8) is 0 Å². The Balaban J connectivity index is 1.41. The fourth-order valence-electron chi connectivity index (χ4n) is 4.44. The van der Waals surface area contributed by atoms with Gasteiger partial charge in [-0.2, -0.15) is 0 Å². The molecule has 1 saturated heterocycles. The molecule has 1 unspecified atom stereocenters. The maximum absolute atomic E-state index is 11.7. The molecule has 1 amide bonds. The van der Waals surface area contributed by atoms with E-state index in [1.807, 2.05) is 25.4 Å². The maximum Gasteiger partial charge on any atom is 0.220 e. The number of nitrogens with zero attached hydrogens (tertiary/aromatic N) is 3. The predicted octanol–water partition coefficient (Wildman–Crippen LogP) is 3.14. The van der Waals surface area contributed by atoms with E-state index in [2.05, 4.69) is 32.3 Å². The van der Waals surface area contributed by atoms with Crippen molar-refractivity contribution in [3.05, 3.63) is 30.6 Å². The number of imidazole rings is 1. The van der Waals surface area contributed by atoms with Crippen LogP contribution in [0.2, 0.25) is 0 Å². The third-order valence-electron chi connectivity index (χ3n) is 6.37. The van der Waals surface area contributed by atoms with Gasteiger partial charge in [0.05, 0.1) is 24.1 Å². The molecule has 6 rings (SSSR count). The Morgan fingerprint density at radius 3 is 2.97 bits per heavy atom. The average Bonchev–Trinajstić information content (AvgIpc) is 3.39. The molecule has 2 fully saturated rings. The van der Waals surface area contributed by atoms with Gasteiger partial charge in [0, 0.05) is 30.5 Å². The zero-order valence-electron chi connectivity index (χ0n) is 17.4. The van der Waals surface area contributed by atoms with Crippen LogP contribution in [0.4, 0.5) is 5.82 Å². The number of carbonyl (C=O) groups is 1. The number of amides is 1. The van der Waals surface area contributed by atoms with Crippen LogP contribution >= 0.6 is 0 Å². The Bertz CT molecular complexity index is 1170. The molecule has 8 heteroatoms. The normalized spacial score (nSPS) is 21.2. The quantitative estimate of drug-likeness (QED) is 0.660. The summed E-state index contributed by atoms with van der Waals surface area (Å²) in [6.45, 7) is 4.09. The number of pyridine rings is 1. The van der Waals surface area contributed by atoms with Gasteiger partial charge in [-0.05, 0) is 44.0 Å². The third kappa shape index (κ3) is 3.36. The summed E-state index contributed by atoms with van der Waals surface area (Å²) in [5.74, 6) is 2.59. The smallest absolute Gasteiger partial charge is 0.220 e. The lowest BCUT2D eigenvalue weighted by molar-refractivity contribution is -0.119. The second-order valence-electron chi connectivity index (χ2n) is 8.63. The lowest BCUT2D eigenvalue weighted by atomic mass is 10.0. The van der Waals surface area contributed by atoms with Gasteiger partial charge in [-0.1, -0.05) is 0 Å². The minimum Gasteiger partial charge on any atom is -0.488 e. The molecule has 3 aromatic rings. The van der Waals surface area contributed by atoms with E-state index in [0.717, 1.165) is 46.2 Å². The average molecular weight is 419 g/mol. The highest BCUT2D eigenvalue weighted by Crippen LogP contribution is 2.42. The molecule has 1 aromatic carbocycles. The first-order valence-corrected chi connectivity index (χ1v) is 11.0. The van der Waals surface area contributed by atoms with E-state index in [4.69, 9.17) is 14.5 Å². The minimum absolute atomic E-state index is 0.0912. The molecule has 1 aliphatic carbocycles. The van der Waals surface area contributed by atoms with Gasteiger partial charge in [-0.25, -0.2) is 9.97 Å². The van der Waals surface area contributed by atoms with E-state index < -0.39 is 0 Å². The number of hydrogen-bond acceptors (Lipinski definition) is 6. The number of rotatable bonds is 5. The Hall–Kier alpha value is -3.29. The van der Waals surface area contributed by atoms with E-state index in [0.29, 0.717) is 25.6 Å². The summed E-state index contributed by atoms with van der Waals surface area (Å²) < 4.78 is 14.4. The lowest BCUT2D eigenvalue weighted by Gasteiger charge is -2.22. The van der Waals surface area contributed by atoms with Gasteiger partial charge >= 0.3 is 0 Å². The van der Waals surface area contributed by atoms with Crippen molar-refractivity contribution in [2.24, 2.45) is 5.92 Å². The van der Waals surface area contributed by atoms with Crippen molar-refractivity contribution in [2.45, 2.75) is 38.3 Å². The molecule has 2 atom stereocenters. The number of benzene rings is 1. The number of ether oxygens (including phenoxy) is 2. The van der Waals surface area contributed by atoms with Gasteiger partial charge in [-0.3, -0.25) is 4.79 Å². The number of nitrogens with one attached hydrogen (secondary N) is 2. The maximum atomic E-state index is 11.7. The first kappa shape index (κ1) is 18.5. The van der Waals surface area contributed by atoms with Gasteiger partial charge in [-0.15, -0.1) is 0 Å². The van der Waals surface area contributed by atoms with Crippen LogP contribution in [0.3, 0.4) is 0 Å². The Labute approximate surface area is 180 Å². The largest absolute Gasteiger partial charge is 0.488 e. The molecule has 160 valence electrons. The molecule has 31 heavy (non-hydrogen) atoms. The number of fused-ring (bicyclic) bond motifs is 2. The fourth-order valence-corrected chi connectivity index (χ4v) is 4.44.